The Hall–Kier alpha value is -0.900. The molecule has 0 amide bonds. The van der Waals surface area contributed by atoms with Crippen LogP contribution in [0.1, 0.15) is 11.1 Å². The van der Waals surface area contributed by atoms with Gasteiger partial charge in [0.15, 0.2) is 0 Å². The van der Waals surface area contributed by atoms with Crippen LogP contribution in [0.25, 0.3) is 0 Å². The third-order valence-corrected chi connectivity index (χ3v) is 2.35. The van der Waals surface area contributed by atoms with Crippen molar-refractivity contribution in [1.29, 1.82) is 0 Å². The molecule has 3 heteroatoms. The molecule has 3 N–H and O–H groups in total. The first-order valence-corrected chi connectivity index (χ1v) is 5.35. The highest BCUT2D eigenvalue weighted by Crippen LogP contribution is 2.07. The summed E-state index contributed by atoms with van der Waals surface area (Å²) in [5.74, 6) is 0. The van der Waals surface area contributed by atoms with Crippen molar-refractivity contribution < 1.29 is 5.11 Å². The van der Waals surface area contributed by atoms with Gasteiger partial charge in [0.25, 0.3) is 0 Å². The van der Waals surface area contributed by atoms with Crippen LogP contribution in [-0.2, 0) is 6.54 Å². The lowest BCUT2D eigenvalue weighted by Gasteiger charge is -2.20. The zero-order valence-corrected chi connectivity index (χ0v) is 9.32. The number of aryl methyl sites for hydroxylation is 1. The fourth-order valence-electron chi connectivity index (χ4n) is 1.66. The van der Waals surface area contributed by atoms with E-state index in [-0.39, 0.29) is 6.61 Å². The lowest BCUT2D eigenvalue weighted by atomic mass is 10.1. The Bertz CT molecular complexity index is 283. The number of nitrogens with zero attached hydrogens (tertiary/aromatic N) is 1. The Labute approximate surface area is 91.5 Å². The molecule has 0 aliphatic rings. The van der Waals surface area contributed by atoms with Crippen molar-refractivity contribution >= 4 is 0 Å². The van der Waals surface area contributed by atoms with Crippen molar-refractivity contribution in [2.75, 3.05) is 26.2 Å². The van der Waals surface area contributed by atoms with Gasteiger partial charge in [-0.3, -0.25) is 4.90 Å². The lowest BCUT2D eigenvalue weighted by molar-refractivity contribution is 0.194. The number of rotatable bonds is 6. The number of aliphatic hydroxyl groups is 1. The Kier molecular flexibility index (Phi) is 5.32. The van der Waals surface area contributed by atoms with Gasteiger partial charge in [0.05, 0.1) is 6.61 Å². The monoisotopic (exact) mass is 208 g/mol. The first-order chi connectivity index (χ1) is 7.26. The molecule has 1 aromatic carbocycles. The van der Waals surface area contributed by atoms with Crippen molar-refractivity contribution in [1.82, 2.24) is 4.90 Å². The van der Waals surface area contributed by atoms with Gasteiger partial charge >= 0.3 is 0 Å². The summed E-state index contributed by atoms with van der Waals surface area (Å²) in [5, 5.41) is 8.91. The van der Waals surface area contributed by atoms with Crippen molar-refractivity contribution in [3.63, 3.8) is 0 Å². The second-order valence-electron chi connectivity index (χ2n) is 3.78. The number of hydrogen-bond donors (Lipinski definition) is 2. The molecule has 0 fully saturated rings. The first kappa shape index (κ1) is 12.2. The number of hydrogen-bond acceptors (Lipinski definition) is 3. The van der Waals surface area contributed by atoms with Crippen LogP contribution in [-0.4, -0.2) is 36.2 Å². The molecular weight excluding hydrogens is 188 g/mol. The van der Waals surface area contributed by atoms with Crippen molar-refractivity contribution in [3.05, 3.63) is 35.4 Å². The lowest BCUT2D eigenvalue weighted by Crippen LogP contribution is -2.31. The average Bonchev–Trinajstić information content (AvgIpc) is 2.18. The summed E-state index contributed by atoms with van der Waals surface area (Å²) in [6.45, 7) is 5.28. The molecule has 0 bridgehead atoms. The van der Waals surface area contributed by atoms with E-state index in [1.165, 1.54) is 11.1 Å². The molecule has 1 aromatic rings. The van der Waals surface area contributed by atoms with E-state index in [2.05, 4.69) is 36.1 Å². The molecule has 0 spiro atoms. The van der Waals surface area contributed by atoms with Gasteiger partial charge in [-0.15, -0.1) is 0 Å². The molecule has 0 saturated carbocycles. The molecular formula is C12H20N2O. The molecule has 0 atom stereocenters. The molecule has 3 nitrogen and oxygen atoms in total. The van der Waals surface area contributed by atoms with Gasteiger partial charge in [-0.05, 0) is 12.5 Å². The third-order valence-electron chi connectivity index (χ3n) is 2.35. The zero-order valence-electron chi connectivity index (χ0n) is 9.32. The molecule has 0 radical (unpaired) electrons. The predicted molar refractivity (Wildman–Crippen MR) is 62.6 cm³/mol. The minimum absolute atomic E-state index is 0.186. The van der Waals surface area contributed by atoms with E-state index in [0.29, 0.717) is 13.1 Å². The summed E-state index contributed by atoms with van der Waals surface area (Å²) in [6.07, 6.45) is 0. The molecule has 0 saturated heterocycles. The van der Waals surface area contributed by atoms with Gasteiger partial charge < -0.3 is 10.8 Å². The topological polar surface area (TPSA) is 49.5 Å². The zero-order chi connectivity index (χ0) is 11.1. The van der Waals surface area contributed by atoms with E-state index < -0.39 is 0 Å². The van der Waals surface area contributed by atoms with E-state index in [9.17, 15) is 0 Å². The van der Waals surface area contributed by atoms with Crippen molar-refractivity contribution in [3.8, 4) is 0 Å². The highest BCUT2D eigenvalue weighted by Gasteiger charge is 2.03. The quantitative estimate of drug-likeness (QED) is 0.725. The highest BCUT2D eigenvalue weighted by molar-refractivity contribution is 5.22. The van der Waals surface area contributed by atoms with E-state index in [4.69, 9.17) is 10.8 Å². The van der Waals surface area contributed by atoms with Gasteiger partial charge in [0, 0.05) is 26.2 Å². The second kappa shape index (κ2) is 6.56. The van der Waals surface area contributed by atoms with Crippen LogP contribution in [0.5, 0.6) is 0 Å². The maximum atomic E-state index is 8.91. The summed E-state index contributed by atoms with van der Waals surface area (Å²) >= 11 is 0. The minimum Gasteiger partial charge on any atom is -0.395 e. The number of nitrogens with two attached hydrogens (primary N) is 1. The maximum Gasteiger partial charge on any atom is 0.0558 e. The maximum absolute atomic E-state index is 8.91. The predicted octanol–water partition coefficient (Wildman–Crippen LogP) is 0.748. The smallest absolute Gasteiger partial charge is 0.0558 e. The molecule has 0 aromatic heterocycles. The summed E-state index contributed by atoms with van der Waals surface area (Å²) in [7, 11) is 0. The Morgan fingerprint density at radius 2 is 2.13 bits per heavy atom. The van der Waals surface area contributed by atoms with E-state index in [1.807, 2.05) is 0 Å². The minimum atomic E-state index is 0.186. The van der Waals surface area contributed by atoms with Crippen molar-refractivity contribution in [2.45, 2.75) is 13.5 Å². The summed E-state index contributed by atoms with van der Waals surface area (Å²) < 4.78 is 0. The van der Waals surface area contributed by atoms with Gasteiger partial charge in [-0.1, -0.05) is 29.8 Å². The van der Waals surface area contributed by atoms with Gasteiger partial charge in [-0.25, -0.2) is 0 Å². The Morgan fingerprint density at radius 1 is 1.33 bits per heavy atom. The molecule has 0 aliphatic carbocycles. The summed E-state index contributed by atoms with van der Waals surface area (Å²) in [5.41, 5.74) is 8.06. The van der Waals surface area contributed by atoms with Crippen LogP contribution in [0, 0.1) is 6.92 Å². The van der Waals surface area contributed by atoms with Crippen LogP contribution < -0.4 is 5.73 Å². The van der Waals surface area contributed by atoms with Gasteiger partial charge in [0.2, 0.25) is 0 Å². The Balaban J connectivity index is 2.56. The van der Waals surface area contributed by atoms with Crippen LogP contribution in [0.15, 0.2) is 24.3 Å². The highest BCUT2D eigenvalue weighted by atomic mass is 16.3. The fourth-order valence-corrected chi connectivity index (χ4v) is 1.66. The average molecular weight is 208 g/mol. The first-order valence-electron chi connectivity index (χ1n) is 5.35. The Morgan fingerprint density at radius 3 is 2.73 bits per heavy atom. The molecule has 15 heavy (non-hydrogen) atoms. The molecule has 0 aliphatic heterocycles. The molecule has 0 unspecified atom stereocenters. The number of benzene rings is 1. The van der Waals surface area contributed by atoms with Crippen LogP contribution in [0.2, 0.25) is 0 Å². The van der Waals surface area contributed by atoms with Gasteiger partial charge in [-0.2, -0.15) is 0 Å². The third kappa shape index (κ3) is 4.42. The van der Waals surface area contributed by atoms with Crippen LogP contribution >= 0.6 is 0 Å². The summed E-state index contributed by atoms with van der Waals surface area (Å²) in [4.78, 5) is 2.16. The standard InChI is InChI=1S/C12H20N2O/c1-11-3-2-4-12(9-11)10-14(6-5-13)7-8-15/h2-4,9,15H,5-8,10,13H2,1H3. The van der Waals surface area contributed by atoms with Crippen LogP contribution in [0.3, 0.4) is 0 Å². The molecule has 84 valence electrons. The largest absolute Gasteiger partial charge is 0.395 e. The summed E-state index contributed by atoms with van der Waals surface area (Å²) in [6, 6.07) is 8.42. The molecule has 1 rings (SSSR count). The SMILES string of the molecule is Cc1cccc(CN(CCN)CCO)c1. The van der Waals surface area contributed by atoms with E-state index in [0.717, 1.165) is 13.1 Å². The van der Waals surface area contributed by atoms with Crippen molar-refractivity contribution in [2.24, 2.45) is 5.73 Å². The fraction of sp³-hybridized carbons (Fsp3) is 0.500. The number of aliphatic hydroxyl groups excluding tert-OH is 1. The van der Waals surface area contributed by atoms with E-state index >= 15 is 0 Å². The normalized spacial score (nSPS) is 10.9. The molecule has 0 heterocycles. The van der Waals surface area contributed by atoms with Crippen LogP contribution in [0.4, 0.5) is 0 Å². The van der Waals surface area contributed by atoms with Gasteiger partial charge in [0.1, 0.15) is 0 Å². The second-order valence-corrected chi connectivity index (χ2v) is 3.78. The van der Waals surface area contributed by atoms with E-state index in [1.54, 1.807) is 0 Å².